The van der Waals surface area contributed by atoms with E-state index in [2.05, 4.69) is 40.7 Å². The van der Waals surface area contributed by atoms with Crippen molar-refractivity contribution in [1.82, 2.24) is 0 Å². The Kier molecular flexibility index (Phi) is 8.08. The number of carbonyl (C=O) groups excluding carboxylic acids is 1. The summed E-state index contributed by atoms with van der Waals surface area (Å²) in [4.78, 5) is 29.7. The van der Waals surface area contributed by atoms with E-state index in [-0.39, 0.29) is 46.3 Å². The molecule has 194 valence electrons. The van der Waals surface area contributed by atoms with Gasteiger partial charge >= 0.3 is 5.97 Å². The molecule has 1 saturated heterocycles. The summed E-state index contributed by atoms with van der Waals surface area (Å²) >= 11 is 1.31. The van der Waals surface area contributed by atoms with Crippen molar-refractivity contribution in [2.24, 2.45) is 11.8 Å². The van der Waals surface area contributed by atoms with Crippen LogP contribution in [0.4, 0.5) is 5.69 Å². The maximum Gasteiger partial charge on any atom is 0.348 e. The highest BCUT2D eigenvalue weighted by atomic mass is 32.1. The van der Waals surface area contributed by atoms with Crippen LogP contribution in [0.2, 0.25) is 0 Å². The molecular weight excluding hydrogens is 462 g/mol. The van der Waals surface area contributed by atoms with Crippen molar-refractivity contribution in [3.05, 3.63) is 27.5 Å². The monoisotopic (exact) mass is 503 g/mol. The maximum absolute atomic E-state index is 14.2. The fraction of sp³-hybridized carbons (Fsp3) is 0.714. The molecule has 35 heavy (non-hydrogen) atoms. The second kappa shape index (κ2) is 10.7. The number of rotatable bonds is 6. The van der Waals surface area contributed by atoms with Crippen molar-refractivity contribution in [2.45, 2.75) is 103 Å². The third-order valence-electron chi connectivity index (χ3n) is 7.79. The first kappa shape index (κ1) is 26.4. The van der Waals surface area contributed by atoms with E-state index in [4.69, 9.17) is 9.47 Å². The Labute approximate surface area is 213 Å². The lowest BCUT2D eigenvalue weighted by atomic mass is 9.79. The Morgan fingerprint density at radius 3 is 2.43 bits per heavy atom. The predicted molar refractivity (Wildman–Crippen MR) is 139 cm³/mol. The van der Waals surface area contributed by atoms with Crippen LogP contribution in [0.1, 0.15) is 94.1 Å². The minimum Gasteiger partial charge on any atom is -0.477 e. The smallest absolute Gasteiger partial charge is 0.348 e. The average Bonchev–Trinajstić information content (AvgIpc) is 3.45. The normalized spacial score (nSPS) is 29.6. The molecule has 7 heteroatoms. The molecule has 4 rings (SSSR count). The third-order valence-corrected chi connectivity index (χ3v) is 9.33. The largest absolute Gasteiger partial charge is 0.477 e. The second-order valence-electron chi connectivity index (χ2n) is 11.7. The summed E-state index contributed by atoms with van der Waals surface area (Å²) in [6, 6.07) is 1.96. The highest BCUT2D eigenvalue weighted by molar-refractivity contribution is 7.14. The minimum atomic E-state index is -0.955. The molecular formula is C28H41NO5S. The maximum atomic E-state index is 14.2. The standard InChI is InChI=1S/C28H41NO5S/c1-17-6-11-22(18(2)14-17)26(30)29(23-15-24(28(3,4)5)35-25(23)27(31)32)19-7-9-20(10-8-19)34-21-12-13-33-16-21/h6,15,18-22H,7-14,16H2,1-5H3,(H,31,32)/t18-,19-,20-,21-,22+/m0/s1. The van der Waals surface area contributed by atoms with Crippen LogP contribution < -0.4 is 4.90 Å². The predicted octanol–water partition coefficient (Wildman–Crippen LogP) is 6.19. The van der Waals surface area contributed by atoms with Crippen molar-refractivity contribution in [3.8, 4) is 0 Å². The SMILES string of the molecule is CC1=CC[C@@H](C(=O)N(c2cc(C(C)(C)C)sc2C(=O)O)[C@H]2CC[C@H](O[C@H]3CCOC3)CC2)[C@@H](C)C1. The van der Waals surface area contributed by atoms with E-state index in [1.807, 2.05) is 11.0 Å². The number of carboxylic acids is 1. The third kappa shape index (κ3) is 6.00. The Morgan fingerprint density at radius 1 is 1.14 bits per heavy atom. The number of carbonyl (C=O) groups is 2. The number of amides is 1. The summed E-state index contributed by atoms with van der Waals surface area (Å²) in [7, 11) is 0. The van der Waals surface area contributed by atoms with Gasteiger partial charge in [0, 0.05) is 23.4 Å². The molecule has 0 unspecified atom stereocenters. The molecule has 2 fully saturated rings. The van der Waals surface area contributed by atoms with Gasteiger partial charge in [-0.25, -0.2) is 4.79 Å². The first-order valence-corrected chi connectivity index (χ1v) is 14.0. The fourth-order valence-electron chi connectivity index (χ4n) is 5.73. The number of anilines is 1. The van der Waals surface area contributed by atoms with E-state index in [9.17, 15) is 14.7 Å². The van der Waals surface area contributed by atoms with Gasteiger partial charge in [-0.05, 0) is 69.3 Å². The zero-order valence-electron chi connectivity index (χ0n) is 21.8. The average molecular weight is 504 g/mol. The minimum absolute atomic E-state index is 0.0121. The molecule has 2 aliphatic carbocycles. The molecule has 1 N–H and O–H groups in total. The summed E-state index contributed by atoms with van der Waals surface area (Å²) in [6.45, 7) is 12.0. The zero-order valence-corrected chi connectivity index (χ0v) is 22.7. The molecule has 1 saturated carbocycles. The van der Waals surface area contributed by atoms with E-state index in [0.29, 0.717) is 12.3 Å². The fourth-order valence-corrected chi connectivity index (χ4v) is 6.77. The van der Waals surface area contributed by atoms with Gasteiger partial charge in [0.25, 0.3) is 0 Å². The van der Waals surface area contributed by atoms with E-state index in [1.54, 1.807) is 0 Å². The molecule has 1 amide bonds. The van der Waals surface area contributed by atoms with E-state index in [1.165, 1.54) is 16.9 Å². The van der Waals surface area contributed by atoms with Crippen LogP contribution >= 0.6 is 11.3 Å². The Hall–Kier alpha value is -1.70. The molecule has 0 bridgehead atoms. The van der Waals surface area contributed by atoms with Gasteiger partial charge in [-0.3, -0.25) is 4.79 Å². The van der Waals surface area contributed by atoms with E-state index in [0.717, 1.165) is 56.4 Å². The lowest BCUT2D eigenvalue weighted by Gasteiger charge is -2.40. The van der Waals surface area contributed by atoms with Crippen LogP contribution in [-0.4, -0.2) is 48.4 Å². The summed E-state index contributed by atoms with van der Waals surface area (Å²) in [6.07, 6.45) is 8.52. The van der Waals surface area contributed by atoms with Crippen LogP contribution in [0, 0.1) is 11.8 Å². The topological polar surface area (TPSA) is 76.1 Å². The molecule has 3 atom stereocenters. The first-order chi connectivity index (χ1) is 16.5. The van der Waals surface area contributed by atoms with Crippen molar-refractivity contribution < 1.29 is 24.2 Å². The molecule has 1 aromatic rings. The highest BCUT2D eigenvalue weighted by Crippen LogP contribution is 2.42. The summed E-state index contributed by atoms with van der Waals surface area (Å²) in [5, 5.41) is 10.1. The number of allylic oxidation sites excluding steroid dienone is 2. The van der Waals surface area contributed by atoms with Gasteiger partial charge < -0.3 is 19.5 Å². The number of hydrogen-bond acceptors (Lipinski definition) is 5. The van der Waals surface area contributed by atoms with Crippen LogP contribution in [0.25, 0.3) is 0 Å². The van der Waals surface area contributed by atoms with Crippen molar-refractivity contribution in [1.29, 1.82) is 0 Å². The molecule has 0 aromatic carbocycles. The number of carboxylic acid groups (broad SMARTS) is 1. The van der Waals surface area contributed by atoms with Gasteiger partial charge in [0.15, 0.2) is 0 Å². The molecule has 1 aliphatic heterocycles. The van der Waals surface area contributed by atoms with Crippen molar-refractivity contribution in [3.63, 3.8) is 0 Å². The molecule has 0 spiro atoms. The van der Waals surface area contributed by atoms with E-state index < -0.39 is 5.97 Å². The Bertz CT molecular complexity index is 947. The number of thiophene rings is 1. The van der Waals surface area contributed by atoms with Crippen LogP contribution in [-0.2, 0) is 19.7 Å². The van der Waals surface area contributed by atoms with Gasteiger partial charge in [-0.1, -0.05) is 39.3 Å². The molecule has 0 radical (unpaired) electrons. The van der Waals surface area contributed by atoms with Gasteiger partial charge in [0.1, 0.15) is 4.88 Å². The van der Waals surface area contributed by atoms with Crippen LogP contribution in [0.5, 0.6) is 0 Å². The summed E-state index contributed by atoms with van der Waals surface area (Å²) in [5.74, 6) is -0.756. The molecule has 6 nitrogen and oxygen atoms in total. The van der Waals surface area contributed by atoms with Gasteiger partial charge in [0.2, 0.25) is 5.91 Å². The summed E-state index contributed by atoms with van der Waals surface area (Å²) in [5.41, 5.74) is 1.73. The molecule has 1 aromatic heterocycles. The number of ether oxygens (including phenoxy) is 2. The Balaban J connectivity index is 1.63. The number of aromatic carboxylic acids is 1. The number of nitrogens with zero attached hydrogens (tertiary/aromatic N) is 1. The quantitative estimate of drug-likeness (QED) is 0.469. The summed E-state index contributed by atoms with van der Waals surface area (Å²) < 4.78 is 11.7. The number of hydrogen-bond donors (Lipinski definition) is 1. The highest BCUT2D eigenvalue weighted by Gasteiger charge is 2.39. The van der Waals surface area contributed by atoms with Crippen molar-refractivity contribution >= 4 is 28.9 Å². The van der Waals surface area contributed by atoms with Gasteiger partial charge in [0.05, 0.1) is 24.5 Å². The second-order valence-corrected chi connectivity index (χ2v) is 12.8. The zero-order chi connectivity index (χ0) is 25.3. The lowest BCUT2D eigenvalue weighted by molar-refractivity contribution is -0.124. The molecule has 3 aliphatic rings. The van der Waals surface area contributed by atoms with Gasteiger partial charge in [-0.2, -0.15) is 0 Å². The van der Waals surface area contributed by atoms with Crippen LogP contribution in [0.15, 0.2) is 17.7 Å². The Morgan fingerprint density at radius 2 is 1.86 bits per heavy atom. The first-order valence-electron chi connectivity index (χ1n) is 13.1. The van der Waals surface area contributed by atoms with Crippen LogP contribution in [0.3, 0.4) is 0 Å². The van der Waals surface area contributed by atoms with Crippen molar-refractivity contribution in [2.75, 3.05) is 18.1 Å². The lowest BCUT2D eigenvalue weighted by Crippen LogP contribution is -2.48. The van der Waals surface area contributed by atoms with Gasteiger partial charge in [-0.15, -0.1) is 11.3 Å². The molecule has 2 heterocycles. The van der Waals surface area contributed by atoms with E-state index >= 15 is 0 Å².